The van der Waals surface area contributed by atoms with Crippen molar-refractivity contribution in [3.05, 3.63) is 59.0 Å². The number of thiocarbonyl (C=S) groups is 1. The van der Waals surface area contributed by atoms with E-state index in [1.165, 1.54) is 28.8 Å². The summed E-state index contributed by atoms with van der Waals surface area (Å²) >= 11 is 6.51. The predicted molar refractivity (Wildman–Crippen MR) is 87.5 cm³/mol. The summed E-state index contributed by atoms with van der Waals surface area (Å²) in [6.45, 7) is 0. The highest BCUT2D eigenvalue weighted by molar-refractivity contribution is 8.27. The van der Waals surface area contributed by atoms with E-state index in [0.29, 0.717) is 14.9 Å². The molecule has 0 spiro atoms. The highest BCUT2D eigenvalue weighted by Gasteiger charge is 2.33. The Hall–Kier alpha value is -1.92. The molecule has 1 aliphatic heterocycles. The second-order valence-corrected chi connectivity index (χ2v) is 6.21. The van der Waals surface area contributed by atoms with Crippen LogP contribution < -0.4 is 4.90 Å². The molecular formula is C15H11FN2OS2. The second kappa shape index (κ2) is 5.46. The summed E-state index contributed by atoms with van der Waals surface area (Å²) in [5.41, 5.74) is 1.50. The highest BCUT2D eigenvalue weighted by Crippen LogP contribution is 2.35. The maximum atomic E-state index is 13.0. The number of nitrogens with zero attached hydrogens (tertiary/aromatic N) is 2. The first kappa shape index (κ1) is 14.0. The number of carbonyl (C=O) groups is 1. The van der Waals surface area contributed by atoms with Gasteiger partial charge in [0.1, 0.15) is 5.82 Å². The largest absolute Gasteiger partial charge is 0.351 e. The Bertz CT molecular complexity index is 749. The molecule has 6 heteroatoms. The summed E-state index contributed by atoms with van der Waals surface area (Å²) in [6.07, 6.45) is 3.72. The van der Waals surface area contributed by atoms with Gasteiger partial charge in [0.15, 0.2) is 4.32 Å². The van der Waals surface area contributed by atoms with Crippen LogP contribution in [0.3, 0.4) is 0 Å². The van der Waals surface area contributed by atoms with Crippen LogP contribution in [0.4, 0.5) is 10.1 Å². The Morgan fingerprint density at radius 1 is 1.24 bits per heavy atom. The molecule has 0 N–H and O–H groups in total. The molecule has 106 valence electrons. The zero-order valence-electron chi connectivity index (χ0n) is 11.1. The Morgan fingerprint density at radius 3 is 2.57 bits per heavy atom. The molecule has 1 aliphatic rings. The maximum Gasteiger partial charge on any atom is 0.270 e. The van der Waals surface area contributed by atoms with Gasteiger partial charge in [0.05, 0.1) is 10.6 Å². The summed E-state index contributed by atoms with van der Waals surface area (Å²) in [5.74, 6) is -0.527. The van der Waals surface area contributed by atoms with Gasteiger partial charge < -0.3 is 4.57 Å². The van der Waals surface area contributed by atoms with Gasteiger partial charge in [-0.25, -0.2) is 4.39 Å². The number of amides is 1. The van der Waals surface area contributed by atoms with Crippen molar-refractivity contribution in [3.8, 4) is 0 Å². The van der Waals surface area contributed by atoms with Crippen molar-refractivity contribution in [2.75, 3.05) is 4.90 Å². The van der Waals surface area contributed by atoms with Crippen LogP contribution in [-0.2, 0) is 11.8 Å². The van der Waals surface area contributed by atoms with E-state index in [1.807, 2.05) is 36.0 Å². The molecule has 0 unspecified atom stereocenters. The van der Waals surface area contributed by atoms with E-state index in [0.717, 1.165) is 5.69 Å². The first-order valence-electron chi connectivity index (χ1n) is 6.21. The van der Waals surface area contributed by atoms with Gasteiger partial charge in [-0.2, -0.15) is 0 Å². The Balaban J connectivity index is 1.94. The lowest BCUT2D eigenvalue weighted by molar-refractivity contribution is -0.113. The summed E-state index contributed by atoms with van der Waals surface area (Å²) in [6, 6.07) is 9.55. The van der Waals surface area contributed by atoms with Crippen LogP contribution in [0.25, 0.3) is 6.08 Å². The first-order valence-corrected chi connectivity index (χ1v) is 7.43. The normalized spacial score (nSPS) is 17.0. The van der Waals surface area contributed by atoms with Crippen molar-refractivity contribution in [2.45, 2.75) is 0 Å². The van der Waals surface area contributed by atoms with Crippen LogP contribution in [0.15, 0.2) is 47.5 Å². The standard InChI is InChI=1S/C15H11FN2OS2/c1-17-8-2-3-12(17)9-13-14(19)18(15(20)21-13)11-6-4-10(16)5-7-11/h2-9H,1H3. The van der Waals surface area contributed by atoms with Gasteiger partial charge >= 0.3 is 0 Å². The van der Waals surface area contributed by atoms with E-state index in [2.05, 4.69) is 0 Å². The third-order valence-electron chi connectivity index (χ3n) is 3.14. The average Bonchev–Trinajstić information content (AvgIpc) is 2.97. The van der Waals surface area contributed by atoms with E-state index >= 15 is 0 Å². The summed E-state index contributed by atoms with van der Waals surface area (Å²) in [7, 11) is 1.91. The number of thioether (sulfide) groups is 1. The van der Waals surface area contributed by atoms with Crippen LogP contribution in [0.2, 0.25) is 0 Å². The number of rotatable bonds is 2. The zero-order chi connectivity index (χ0) is 15.0. The molecule has 1 aromatic carbocycles. The van der Waals surface area contributed by atoms with E-state index in [4.69, 9.17) is 12.2 Å². The topological polar surface area (TPSA) is 25.2 Å². The fourth-order valence-corrected chi connectivity index (χ4v) is 3.32. The van der Waals surface area contributed by atoms with Gasteiger partial charge in [0.25, 0.3) is 5.91 Å². The lowest BCUT2D eigenvalue weighted by Crippen LogP contribution is -2.27. The van der Waals surface area contributed by atoms with Crippen LogP contribution in [0.1, 0.15) is 5.69 Å². The highest BCUT2D eigenvalue weighted by atomic mass is 32.2. The molecule has 0 aliphatic carbocycles. The van der Waals surface area contributed by atoms with Gasteiger partial charge in [-0.1, -0.05) is 24.0 Å². The smallest absolute Gasteiger partial charge is 0.270 e. The van der Waals surface area contributed by atoms with Crippen LogP contribution in [0.5, 0.6) is 0 Å². The van der Waals surface area contributed by atoms with Gasteiger partial charge in [0, 0.05) is 18.9 Å². The van der Waals surface area contributed by atoms with Crippen molar-refractivity contribution in [2.24, 2.45) is 7.05 Å². The van der Waals surface area contributed by atoms with Crippen LogP contribution in [-0.4, -0.2) is 14.8 Å². The molecule has 3 nitrogen and oxygen atoms in total. The molecule has 0 radical (unpaired) electrons. The van der Waals surface area contributed by atoms with Gasteiger partial charge in [-0.15, -0.1) is 0 Å². The molecule has 1 fully saturated rings. The van der Waals surface area contributed by atoms with Gasteiger partial charge in [-0.3, -0.25) is 9.69 Å². The molecule has 21 heavy (non-hydrogen) atoms. The monoisotopic (exact) mass is 318 g/mol. The van der Waals surface area contributed by atoms with E-state index in [-0.39, 0.29) is 11.7 Å². The zero-order valence-corrected chi connectivity index (χ0v) is 12.7. The SMILES string of the molecule is Cn1cccc1C=C1SC(=S)N(c2ccc(F)cc2)C1=O. The maximum absolute atomic E-state index is 13.0. The minimum absolute atomic E-state index is 0.183. The summed E-state index contributed by atoms with van der Waals surface area (Å²) < 4.78 is 15.4. The third kappa shape index (κ3) is 2.64. The molecular weight excluding hydrogens is 307 g/mol. The van der Waals surface area contributed by atoms with Crippen molar-refractivity contribution in [1.82, 2.24) is 4.57 Å². The molecule has 3 rings (SSSR count). The molecule has 0 atom stereocenters. The van der Waals surface area contributed by atoms with Crippen LogP contribution >= 0.6 is 24.0 Å². The van der Waals surface area contributed by atoms with E-state index < -0.39 is 0 Å². The number of halogens is 1. The molecule has 0 bridgehead atoms. The second-order valence-electron chi connectivity index (χ2n) is 4.54. The average molecular weight is 318 g/mol. The summed E-state index contributed by atoms with van der Waals surface area (Å²) in [4.78, 5) is 14.5. The number of benzene rings is 1. The van der Waals surface area contributed by atoms with Crippen molar-refractivity contribution < 1.29 is 9.18 Å². The quantitative estimate of drug-likeness (QED) is 0.625. The molecule has 1 aromatic heterocycles. The van der Waals surface area contributed by atoms with E-state index in [1.54, 1.807) is 12.1 Å². The van der Waals surface area contributed by atoms with Crippen molar-refractivity contribution >= 4 is 46.0 Å². The number of hydrogen-bond acceptors (Lipinski definition) is 3. The van der Waals surface area contributed by atoms with Gasteiger partial charge in [0.2, 0.25) is 0 Å². The third-order valence-corrected chi connectivity index (χ3v) is 4.44. The Kier molecular flexibility index (Phi) is 3.65. The lowest BCUT2D eigenvalue weighted by Gasteiger charge is -2.14. The fourth-order valence-electron chi connectivity index (χ4n) is 2.04. The minimum atomic E-state index is -0.344. The Morgan fingerprint density at radius 2 is 1.95 bits per heavy atom. The number of aryl methyl sites for hydroxylation is 1. The van der Waals surface area contributed by atoms with Crippen LogP contribution in [0, 0.1) is 5.82 Å². The number of anilines is 1. The minimum Gasteiger partial charge on any atom is -0.351 e. The van der Waals surface area contributed by atoms with Crippen molar-refractivity contribution in [1.29, 1.82) is 0 Å². The number of hydrogen-bond donors (Lipinski definition) is 0. The Labute approximate surface area is 131 Å². The van der Waals surface area contributed by atoms with E-state index in [9.17, 15) is 9.18 Å². The summed E-state index contributed by atoms with van der Waals surface area (Å²) in [5, 5.41) is 0. The molecule has 1 saturated heterocycles. The number of carbonyl (C=O) groups excluding carboxylic acids is 1. The lowest BCUT2D eigenvalue weighted by atomic mass is 10.2. The molecule has 2 aromatic rings. The molecule has 1 amide bonds. The fraction of sp³-hybridized carbons (Fsp3) is 0.0667. The number of aromatic nitrogens is 1. The van der Waals surface area contributed by atoms with Crippen molar-refractivity contribution in [3.63, 3.8) is 0 Å². The first-order chi connectivity index (χ1) is 10.1. The molecule has 2 heterocycles. The predicted octanol–water partition coefficient (Wildman–Crippen LogP) is 3.57. The molecule has 0 saturated carbocycles. The van der Waals surface area contributed by atoms with Gasteiger partial charge in [-0.05, 0) is 42.5 Å².